The number of hydrogen-bond donors (Lipinski definition) is 2. The van der Waals surface area contributed by atoms with Gasteiger partial charge in [-0.05, 0) is 30.8 Å². The Morgan fingerprint density at radius 2 is 2.00 bits per heavy atom. The molecule has 164 valence electrons. The van der Waals surface area contributed by atoms with Gasteiger partial charge in [0.1, 0.15) is 5.37 Å². The maximum Gasteiger partial charge on any atom is 0.252 e. The van der Waals surface area contributed by atoms with E-state index in [0.29, 0.717) is 31.0 Å². The van der Waals surface area contributed by atoms with Crippen molar-refractivity contribution in [3.63, 3.8) is 0 Å². The van der Waals surface area contributed by atoms with Gasteiger partial charge >= 0.3 is 0 Å². The zero-order chi connectivity index (χ0) is 21.6. The number of amides is 2. The first-order valence-electron chi connectivity index (χ1n) is 10.5. The average molecular weight is 441 g/mol. The van der Waals surface area contributed by atoms with Crippen LogP contribution in [-0.2, 0) is 16.1 Å². The molecule has 8 heteroatoms. The first-order valence-corrected chi connectivity index (χ1v) is 11.4. The van der Waals surface area contributed by atoms with E-state index >= 15 is 0 Å². The van der Waals surface area contributed by atoms with Crippen LogP contribution < -0.4 is 10.6 Å². The zero-order valence-corrected chi connectivity index (χ0v) is 18.5. The van der Waals surface area contributed by atoms with Crippen molar-refractivity contribution in [1.82, 2.24) is 15.1 Å². The van der Waals surface area contributed by atoms with Gasteiger partial charge in [-0.25, -0.2) is 0 Å². The molecular weight excluding hydrogens is 412 g/mol. The van der Waals surface area contributed by atoms with E-state index < -0.39 is 0 Å². The third-order valence-corrected chi connectivity index (χ3v) is 6.76. The third-order valence-electron chi connectivity index (χ3n) is 5.41. The fourth-order valence-corrected chi connectivity index (χ4v) is 4.88. The van der Waals surface area contributed by atoms with Gasteiger partial charge in [0.2, 0.25) is 0 Å². The monoisotopic (exact) mass is 440 g/mol. The second-order valence-corrected chi connectivity index (χ2v) is 8.92. The molecule has 7 nitrogen and oxygen atoms in total. The van der Waals surface area contributed by atoms with Crippen molar-refractivity contribution in [3.05, 3.63) is 59.7 Å². The number of benzene rings is 2. The Bertz CT molecular complexity index is 918. The van der Waals surface area contributed by atoms with Gasteiger partial charge in [0, 0.05) is 43.2 Å². The minimum Gasteiger partial charge on any atom is -0.379 e. The molecule has 4 rings (SSSR count). The summed E-state index contributed by atoms with van der Waals surface area (Å²) in [6, 6.07) is 15.8. The van der Waals surface area contributed by atoms with E-state index in [-0.39, 0.29) is 17.2 Å². The van der Waals surface area contributed by atoms with E-state index in [0.717, 1.165) is 31.1 Å². The summed E-state index contributed by atoms with van der Waals surface area (Å²) in [5, 5.41) is 5.69. The molecule has 1 unspecified atom stereocenters. The lowest BCUT2D eigenvalue weighted by atomic mass is 10.1. The summed E-state index contributed by atoms with van der Waals surface area (Å²) in [5.74, 6) is -0.176. The molecule has 2 aliphatic rings. The first-order chi connectivity index (χ1) is 15.1. The molecule has 2 amide bonds. The van der Waals surface area contributed by atoms with Crippen molar-refractivity contribution >= 4 is 29.3 Å². The summed E-state index contributed by atoms with van der Waals surface area (Å²) >= 11 is 1.53. The number of nitrogens with zero attached hydrogens (tertiary/aromatic N) is 2. The van der Waals surface area contributed by atoms with Crippen LogP contribution in [-0.4, -0.2) is 73.4 Å². The first kappa shape index (κ1) is 21.8. The summed E-state index contributed by atoms with van der Waals surface area (Å²) in [6.45, 7) is 4.94. The molecule has 2 aromatic rings. The second kappa shape index (κ2) is 10.3. The molecule has 0 radical (unpaired) electrons. The molecule has 0 saturated carbocycles. The molecule has 1 fully saturated rings. The van der Waals surface area contributed by atoms with Gasteiger partial charge in [0.05, 0.1) is 18.9 Å². The zero-order valence-electron chi connectivity index (χ0n) is 17.7. The minimum atomic E-state index is -0.253. The maximum absolute atomic E-state index is 12.6. The fraction of sp³-hybridized carbons (Fsp3) is 0.391. The summed E-state index contributed by atoms with van der Waals surface area (Å²) in [4.78, 5) is 30.5. The standard InChI is InChI=1S/C23H28N4O3S/c1-26(16-17-5-3-2-4-6-17)10-9-24-21(28)18-7-8-20-19(15-18)25-22(29)23(31-20)27-11-13-30-14-12-27/h2-8,15,23H,9-14,16H2,1H3,(H,24,28)(H,25,29). The summed E-state index contributed by atoms with van der Waals surface area (Å²) in [7, 11) is 2.04. The third kappa shape index (κ3) is 5.65. The van der Waals surface area contributed by atoms with Crippen molar-refractivity contribution in [1.29, 1.82) is 0 Å². The number of carbonyl (C=O) groups is 2. The van der Waals surface area contributed by atoms with Crippen LogP contribution in [0.2, 0.25) is 0 Å². The Morgan fingerprint density at radius 3 is 2.77 bits per heavy atom. The van der Waals surface area contributed by atoms with Crippen LogP contribution in [0.25, 0.3) is 0 Å². The highest BCUT2D eigenvalue weighted by Crippen LogP contribution is 2.37. The van der Waals surface area contributed by atoms with Gasteiger partial charge in [-0.2, -0.15) is 0 Å². The number of thioether (sulfide) groups is 1. The maximum atomic E-state index is 12.6. The number of anilines is 1. The molecule has 1 atom stereocenters. The van der Waals surface area contributed by atoms with E-state index in [1.165, 1.54) is 17.3 Å². The van der Waals surface area contributed by atoms with Crippen molar-refractivity contribution in [2.45, 2.75) is 16.8 Å². The van der Waals surface area contributed by atoms with Crippen molar-refractivity contribution in [2.24, 2.45) is 0 Å². The lowest BCUT2D eigenvalue weighted by molar-refractivity contribution is -0.119. The molecule has 0 aliphatic carbocycles. The molecule has 2 aromatic carbocycles. The quantitative estimate of drug-likeness (QED) is 0.688. The van der Waals surface area contributed by atoms with Crippen LogP contribution in [0, 0.1) is 0 Å². The van der Waals surface area contributed by atoms with Gasteiger partial charge < -0.3 is 20.3 Å². The van der Waals surface area contributed by atoms with E-state index in [1.54, 1.807) is 6.07 Å². The van der Waals surface area contributed by atoms with Crippen LogP contribution in [0.3, 0.4) is 0 Å². The summed E-state index contributed by atoms with van der Waals surface area (Å²) in [5.41, 5.74) is 2.50. The average Bonchev–Trinajstić information content (AvgIpc) is 2.79. The van der Waals surface area contributed by atoms with Gasteiger partial charge in [-0.3, -0.25) is 14.5 Å². The van der Waals surface area contributed by atoms with Gasteiger partial charge in [-0.1, -0.05) is 42.1 Å². The minimum absolute atomic E-state index is 0.0421. The Labute approximate surface area is 187 Å². The van der Waals surface area contributed by atoms with E-state index in [2.05, 4.69) is 32.6 Å². The fourth-order valence-electron chi connectivity index (χ4n) is 3.73. The lowest BCUT2D eigenvalue weighted by Crippen LogP contribution is -2.48. The predicted molar refractivity (Wildman–Crippen MR) is 122 cm³/mol. The van der Waals surface area contributed by atoms with Crippen LogP contribution in [0.1, 0.15) is 15.9 Å². The molecule has 31 heavy (non-hydrogen) atoms. The van der Waals surface area contributed by atoms with Crippen molar-refractivity contribution in [2.75, 3.05) is 51.8 Å². The number of likely N-dealkylation sites (N-methyl/N-ethyl adjacent to an activating group) is 1. The molecule has 2 aliphatic heterocycles. The van der Waals surface area contributed by atoms with Crippen LogP contribution in [0.15, 0.2) is 53.4 Å². The topological polar surface area (TPSA) is 73.9 Å². The highest BCUT2D eigenvalue weighted by atomic mass is 32.2. The molecule has 0 aromatic heterocycles. The molecule has 0 bridgehead atoms. The smallest absolute Gasteiger partial charge is 0.252 e. The van der Waals surface area contributed by atoms with Crippen LogP contribution in [0.4, 0.5) is 5.69 Å². The van der Waals surface area contributed by atoms with Gasteiger partial charge in [0.25, 0.3) is 11.8 Å². The molecule has 1 saturated heterocycles. The Hall–Kier alpha value is -2.39. The number of fused-ring (bicyclic) bond motifs is 1. The van der Waals surface area contributed by atoms with Crippen LogP contribution >= 0.6 is 11.8 Å². The van der Waals surface area contributed by atoms with Gasteiger partial charge in [0.15, 0.2) is 0 Å². The number of carbonyl (C=O) groups excluding carboxylic acids is 2. The number of nitrogens with one attached hydrogen (secondary N) is 2. The van der Waals surface area contributed by atoms with E-state index in [9.17, 15) is 9.59 Å². The lowest BCUT2D eigenvalue weighted by Gasteiger charge is -2.35. The second-order valence-electron chi connectivity index (χ2n) is 7.80. The largest absolute Gasteiger partial charge is 0.379 e. The highest BCUT2D eigenvalue weighted by molar-refractivity contribution is 8.00. The number of ether oxygens (including phenoxy) is 1. The predicted octanol–water partition coefficient (Wildman–Crippen LogP) is 2.25. The van der Waals surface area contributed by atoms with Crippen molar-refractivity contribution < 1.29 is 14.3 Å². The molecule has 0 spiro atoms. The molecular formula is C23H28N4O3S. The van der Waals surface area contributed by atoms with Crippen molar-refractivity contribution in [3.8, 4) is 0 Å². The summed E-state index contributed by atoms with van der Waals surface area (Å²) < 4.78 is 5.38. The van der Waals surface area contributed by atoms with Gasteiger partial charge in [-0.15, -0.1) is 0 Å². The SMILES string of the molecule is CN(CCNC(=O)c1ccc2c(c1)NC(=O)C(N1CCOCC1)S2)Cc1ccccc1. The number of hydrogen-bond acceptors (Lipinski definition) is 6. The Morgan fingerprint density at radius 1 is 1.23 bits per heavy atom. The normalized spacial score (nSPS) is 19.0. The Kier molecular flexibility index (Phi) is 7.24. The van der Waals surface area contributed by atoms with Crippen LogP contribution in [0.5, 0.6) is 0 Å². The Balaban J connectivity index is 1.30. The van der Waals surface area contributed by atoms with E-state index in [4.69, 9.17) is 4.74 Å². The number of rotatable bonds is 7. The summed E-state index contributed by atoms with van der Waals surface area (Å²) in [6.07, 6.45) is 0. The highest BCUT2D eigenvalue weighted by Gasteiger charge is 2.33. The molecule has 2 heterocycles. The molecule has 2 N–H and O–H groups in total. The van der Waals surface area contributed by atoms with E-state index in [1.807, 2.05) is 37.4 Å². The number of morpholine rings is 1.